The van der Waals surface area contributed by atoms with Crippen LogP contribution in [0.25, 0.3) is 10.8 Å². The fraction of sp³-hybridized carbons (Fsp3) is 0. The minimum atomic E-state index is 1.25. The minimum absolute atomic E-state index is 1.25. The van der Waals surface area contributed by atoms with E-state index in [1.165, 1.54) is 20.6 Å². The molecule has 0 spiro atoms. The largest absolute Gasteiger partial charge is 0.0895 e. The zero-order valence-electron chi connectivity index (χ0n) is 9.26. The SMILES string of the molecule is [c]1ccc(Sc2cccc3ccccc23)cc1. The van der Waals surface area contributed by atoms with E-state index < -0.39 is 0 Å². The molecule has 0 nitrogen and oxygen atoms in total. The number of fused-ring (bicyclic) bond motifs is 1. The Balaban J connectivity index is 2.06. The van der Waals surface area contributed by atoms with Crippen LogP contribution < -0.4 is 0 Å². The van der Waals surface area contributed by atoms with Gasteiger partial charge in [-0.2, -0.15) is 0 Å². The van der Waals surface area contributed by atoms with Crippen LogP contribution in [0.15, 0.2) is 76.5 Å². The molecule has 3 aromatic rings. The first kappa shape index (κ1) is 10.4. The van der Waals surface area contributed by atoms with Gasteiger partial charge in [0.2, 0.25) is 0 Å². The van der Waals surface area contributed by atoms with E-state index >= 15 is 0 Å². The van der Waals surface area contributed by atoms with Crippen LogP contribution in [0.2, 0.25) is 0 Å². The molecule has 0 saturated carbocycles. The van der Waals surface area contributed by atoms with Gasteiger partial charge >= 0.3 is 0 Å². The first-order valence-electron chi connectivity index (χ1n) is 5.55. The quantitative estimate of drug-likeness (QED) is 0.615. The highest BCUT2D eigenvalue weighted by Crippen LogP contribution is 2.32. The van der Waals surface area contributed by atoms with Crippen molar-refractivity contribution < 1.29 is 0 Å². The molecule has 1 radical (unpaired) electrons. The van der Waals surface area contributed by atoms with Gasteiger partial charge in [-0.1, -0.05) is 60.3 Å². The molecule has 0 heterocycles. The lowest BCUT2D eigenvalue weighted by Gasteiger charge is -2.05. The lowest BCUT2D eigenvalue weighted by Crippen LogP contribution is -1.77. The summed E-state index contributed by atoms with van der Waals surface area (Å²) in [4.78, 5) is 2.55. The molecular weight excluding hydrogens is 224 g/mol. The Morgan fingerprint density at radius 1 is 0.765 bits per heavy atom. The molecular formula is C16H11S. The maximum absolute atomic E-state index is 3.04. The van der Waals surface area contributed by atoms with E-state index in [0.29, 0.717) is 0 Å². The van der Waals surface area contributed by atoms with Crippen LogP contribution in [-0.2, 0) is 0 Å². The van der Waals surface area contributed by atoms with E-state index in [1.54, 1.807) is 11.8 Å². The van der Waals surface area contributed by atoms with Crippen molar-refractivity contribution in [1.29, 1.82) is 0 Å². The lowest BCUT2D eigenvalue weighted by molar-refractivity contribution is 1.43. The summed E-state index contributed by atoms with van der Waals surface area (Å²) in [5.41, 5.74) is 0. The maximum Gasteiger partial charge on any atom is 0.0200 e. The van der Waals surface area contributed by atoms with Crippen LogP contribution in [0, 0.1) is 6.07 Å². The summed E-state index contributed by atoms with van der Waals surface area (Å²) in [6.45, 7) is 0. The molecule has 0 amide bonds. The predicted octanol–water partition coefficient (Wildman–Crippen LogP) is 4.79. The van der Waals surface area contributed by atoms with Gasteiger partial charge in [0, 0.05) is 9.79 Å². The molecule has 0 bridgehead atoms. The van der Waals surface area contributed by atoms with Gasteiger partial charge in [0.15, 0.2) is 0 Å². The summed E-state index contributed by atoms with van der Waals surface area (Å²) in [6, 6.07) is 26.0. The number of hydrogen-bond donors (Lipinski definition) is 0. The first-order chi connectivity index (χ1) is 8.43. The van der Waals surface area contributed by atoms with Crippen molar-refractivity contribution in [3.63, 3.8) is 0 Å². The molecule has 0 aliphatic heterocycles. The summed E-state index contributed by atoms with van der Waals surface area (Å²) in [7, 11) is 0. The Labute approximate surface area is 105 Å². The van der Waals surface area contributed by atoms with Gasteiger partial charge in [-0.25, -0.2) is 0 Å². The highest BCUT2D eigenvalue weighted by molar-refractivity contribution is 7.99. The second kappa shape index (κ2) is 4.64. The second-order valence-electron chi connectivity index (χ2n) is 3.82. The van der Waals surface area contributed by atoms with E-state index in [4.69, 9.17) is 0 Å². The average molecular weight is 235 g/mol. The fourth-order valence-corrected chi connectivity index (χ4v) is 2.82. The van der Waals surface area contributed by atoms with Crippen LogP contribution in [0.4, 0.5) is 0 Å². The molecule has 3 rings (SSSR count). The van der Waals surface area contributed by atoms with E-state index in [1.807, 2.05) is 12.1 Å². The van der Waals surface area contributed by atoms with Gasteiger partial charge in [0.25, 0.3) is 0 Å². The van der Waals surface area contributed by atoms with Crippen molar-refractivity contribution in [2.45, 2.75) is 9.79 Å². The molecule has 17 heavy (non-hydrogen) atoms. The smallest absolute Gasteiger partial charge is 0.0200 e. The molecule has 81 valence electrons. The van der Waals surface area contributed by atoms with Gasteiger partial charge in [0.05, 0.1) is 0 Å². The summed E-state index contributed by atoms with van der Waals surface area (Å²) in [6.07, 6.45) is 0. The summed E-state index contributed by atoms with van der Waals surface area (Å²) >= 11 is 1.80. The molecule has 0 saturated heterocycles. The van der Waals surface area contributed by atoms with Crippen molar-refractivity contribution in [2.24, 2.45) is 0 Å². The zero-order chi connectivity index (χ0) is 11.5. The maximum atomic E-state index is 3.04. The monoisotopic (exact) mass is 235 g/mol. The molecule has 0 aromatic heterocycles. The highest BCUT2D eigenvalue weighted by Gasteiger charge is 2.01. The fourth-order valence-electron chi connectivity index (χ4n) is 1.85. The molecule has 0 aliphatic rings. The minimum Gasteiger partial charge on any atom is -0.0895 e. The Bertz CT molecular complexity index is 624. The summed E-state index contributed by atoms with van der Waals surface area (Å²) < 4.78 is 0. The lowest BCUT2D eigenvalue weighted by atomic mass is 10.1. The highest BCUT2D eigenvalue weighted by atomic mass is 32.2. The third-order valence-electron chi connectivity index (χ3n) is 2.67. The molecule has 3 aromatic carbocycles. The average Bonchev–Trinajstić information content (AvgIpc) is 2.40. The van der Waals surface area contributed by atoms with E-state index in [9.17, 15) is 0 Å². The van der Waals surface area contributed by atoms with Crippen LogP contribution in [0.5, 0.6) is 0 Å². The van der Waals surface area contributed by atoms with Gasteiger partial charge in [-0.05, 0) is 35.0 Å². The first-order valence-corrected chi connectivity index (χ1v) is 6.37. The Morgan fingerprint density at radius 3 is 2.41 bits per heavy atom. The Hall–Kier alpha value is -1.73. The number of rotatable bonds is 2. The number of hydrogen-bond acceptors (Lipinski definition) is 1. The van der Waals surface area contributed by atoms with Gasteiger partial charge in [-0.15, -0.1) is 0 Å². The topological polar surface area (TPSA) is 0 Å². The van der Waals surface area contributed by atoms with Gasteiger partial charge in [-0.3, -0.25) is 0 Å². The molecule has 0 atom stereocenters. The van der Waals surface area contributed by atoms with E-state index in [0.717, 1.165) is 0 Å². The summed E-state index contributed by atoms with van der Waals surface area (Å²) in [5.74, 6) is 0. The third-order valence-corrected chi connectivity index (χ3v) is 3.75. The van der Waals surface area contributed by atoms with Crippen molar-refractivity contribution in [1.82, 2.24) is 0 Å². The summed E-state index contributed by atoms with van der Waals surface area (Å²) in [5, 5.41) is 2.60. The molecule has 1 heteroatoms. The van der Waals surface area contributed by atoms with E-state index in [-0.39, 0.29) is 0 Å². The van der Waals surface area contributed by atoms with Crippen molar-refractivity contribution in [3.8, 4) is 0 Å². The molecule has 0 aliphatic carbocycles. The Morgan fingerprint density at radius 2 is 1.53 bits per heavy atom. The van der Waals surface area contributed by atoms with Crippen molar-refractivity contribution >= 4 is 22.5 Å². The van der Waals surface area contributed by atoms with Crippen LogP contribution in [-0.4, -0.2) is 0 Å². The number of benzene rings is 3. The standard InChI is InChI=1S/C16H11S/c1-2-9-14(10-3-1)17-16-12-6-8-13-7-4-5-11-15(13)16/h2-12H. The van der Waals surface area contributed by atoms with Crippen molar-refractivity contribution in [2.75, 3.05) is 0 Å². The molecule has 0 fully saturated rings. The van der Waals surface area contributed by atoms with Gasteiger partial charge < -0.3 is 0 Å². The predicted molar refractivity (Wildman–Crippen MR) is 73.3 cm³/mol. The second-order valence-corrected chi connectivity index (χ2v) is 4.93. The van der Waals surface area contributed by atoms with Crippen LogP contribution >= 0.6 is 11.8 Å². The van der Waals surface area contributed by atoms with E-state index in [2.05, 4.69) is 60.7 Å². The van der Waals surface area contributed by atoms with Crippen LogP contribution in [0.1, 0.15) is 0 Å². The van der Waals surface area contributed by atoms with Crippen LogP contribution in [0.3, 0.4) is 0 Å². The molecule has 0 unspecified atom stereocenters. The third kappa shape index (κ3) is 2.20. The normalized spacial score (nSPS) is 10.6. The van der Waals surface area contributed by atoms with Gasteiger partial charge in [0.1, 0.15) is 0 Å². The van der Waals surface area contributed by atoms with Crippen molar-refractivity contribution in [3.05, 3.63) is 72.8 Å². The zero-order valence-corrected chi connectivity index (χ0v) is 10.1. The molecule has 0 N–H and O–H groups in total. The Kier molecular flexibility index (Phi) is 2.85.